The maximum atomic E-state index is 12.5. The Labute approximate surface area is 119 Å². The van der Waals surface area contributed by atoms with Gasteiger partial charge in [0.2, 0.25) is 0 Å². The molecule has 0 amide bonds. The van der Waals surface area contributed by atoms with Gasteiger partial charge in [-0.15, -0.1) is 0 Å². The highest BCUT2D eigenvalue weighted by Crippen LogP contribution is 2.34. The quantitative estimate of drug-likeness (QED) is 0.586. The van der Waals surface area contributed by atoms with E-state index < -0.39 is 11.7 Å². The van der Waals surface area contributed by atoms with Gasteiger partial charge in [0, 0.05) is 6.42 Å². The van der Waals surface area contributed by atoms with Crippen molar-refractivity contribution in [2.45, 2.75) is 25.9 Å². The van der Waals surface area contributed by atoms with E-state index in [-0.39, 0.29) is 29.8 Å². The molecule has 1 rings (SSSR count). The molecule has 0 saturated heterocycles. The van der Waals surface area contributed by atoms with Crippen LogP contribution in [0.1, 0.15) is 25.3 Å². The summed E-state index contributed by atoms with van der Waals surface area (Å²) in [5.74, 6) is -0.420. The molecule has 0 N–H and O–H groups in total. The molecular weight excluding hydrogens is 297 g/mol. The highest BCUT2D eigenvalue weighted by Gasteiger charge is 2.31. The van der Waals surface area contributed by atoms with E-state index >= 15 is 0 Å². The molecule has 7 heteroatoms. The van der Waals surface area contributed by atoms with Crippen LogP contribution in [0.25, 0.3) is 0 Å². The highest BCUT2D eigenvalue weighted by atomic mass is 35.5. The van der Waals surface area contributed by atoms with Crippen LogP contribution in [0.4, 0.5) is 13.2 Å². The van der Waals surface area contributed by atoms with E-state index in [1.54, 1.807) is 6.92 Å². The number of carbonyl (C=O) groups excluding carboxylic acids is 1. The zero-order valence-electron chi connectivity index (χ0n) is 10.8. The summed E-state index contributed by atoms with van der Waals surface area (Å²) in [5.41, 5.74) is -0.831. The summed E-state index contributed by atoms with van der Waals surface area (Å²) in [6.07, 6.45) is -3.97. The van der Waals surface area contributed by atoms with Gasteiger partial charge in [-0.2, -0.15) is 13.2 Å². The van der Waals surface area contributed by atoms with E-state index in [0.29, 0.717) is 13.0 Å². The molecule has 0 aliphatic carbocycles. The predicted molar refractivity (Wildman–Crippen MR) is 67.8 cm³/mol. The molecule has 1 aromatic rings. The Morgan fingerprint density at radius 2 is 2.05 bits per heavy atom. The zero-order valence-corrected chi connectivity index (χ0v) is 11.6. The smallest absolute Gasteiger partial charge is 0.416 e. The van der Waals surface area contributed by atoms with Crippen molar-refractivity contribution in [1.82, 2.24) is 0 Å². The van der Waals surface area contributed by atoms with E-state index in [2.05, 4.69) is 0 Å². The number of hydrogen-bond acceptors (Lipinski definition) is 3. The van der Waals surface area contributed by atoms with Crippen LogP contribution in [0.3, 0.4) is 0 Å². The first kappa shape index (κ1) is 16.6. The van der Waals surface area contributed by atoms with Crippen LogP contribution in [0.5, 0.6) is 5.75 Å². The monoisotopic (exact) mass is 310 g/mol. The van der Waals surface area contributed by atoms with Crippen molar-refractivity contribution in [3.63, 3.8) is 0 Å². The van der Waals surface area contributed by atoms with Gasteiger partial charge in [-0.25, -0.2) is 0 Å². The fourth-order valence-electron chi connectivity index (χ4n) is 1.42. The minimum absolute atomic E-state index is 0.0506. The molecule has 20 heavy (non-hydrogen) atoms. The Hall–Kier alpha value is -1.43. The Morgan fingerprint density at radius 1 is 1.35 bits per heavy atom. The normalized spacial score (nSPS) is 11.2. The topological polar surface area (TPSA) is 35.5 Å². The van der Waals surface area contributed by atoms with Crippen molar-refractivity contribution in [2.75, 3.05) is 13.2 Å². The summed E-state index contributed by atoms with van der Waals surface area (Å²) >= 11 is 5.75. The van der Waals surface area contributed by atoms with Crippen LogP contribution in [-0.2, 0) is 15.7 Å². The van der Waals surface area contributed by atoms with Crippen molar-refractivity contribution >= 4 is 17.6 Å². The second kappa shape index (κ2) is 7.38. The van der Waals surface area contributed by atoms with Crippen LogP contribution in [0, 0.1) is 0 Å². The molecule has 0 aliphatic heterocycles. The molecule has 112 valence electrons. The van der Waals surface area contributed by atoms with Crippen LogP contribution < -0.4 is 4.74 Å². The molecule has 0 saturated carbocycles. The number of benzene rings is 1. The van der Waals surface area contributed by atoms with Gasteiger partial charge >= 0.3 is 12.1 Å². The summed E-state index contributed by atoms with van der Waals surface area (Å²) < 4.78 is 47.4. The maximum absolute atomic E-state index is 12.5. The number of alkyl halides is 3. The van der Waals surface area contributed by atoms with Gasteiger partial charge in [0.05, 0.1) is 23.8 Å². The van der Waals surface area contributed by atoms with Crippen molar-refractivity contribution < 1.29 is 27.4 Å². The van der Waals surface area contributed by atoms with Gasteiger partial charge in [-0.05, 0) is 31.5 Å². The van der Waals surface area contributed by atoms with E-state index in [9.17, 15) is 18.0 Å². The van der Waals surface area contributed by atoms with Crippen LogP contribution in [-0.4, -0.2) is 19.2 Å². The predicted octanol–water partition coefficient (Wildman–Crippen LogP) is 4.08. The van der Waals surface area contributed by atoms with Crippen molar-refractivity contribution in [3.05, 3.63) is 28.8 Å². The minimum Gasteiger partial charge on any atom is -0.492 e. The number of hydrogen-bond donors (Lipinski definition) is 0. The van der Waals surface area contributed by atoms with Gasteiger partial charge < -0.3 is 9.47 Å². The molecule has 0 spiro atoms. The SMILES string of the molecule is CCOC(=O)CCCOc1cc(C(F)(F)F)ccc1Cl. The van der Waals surface area contributed by atoms with Crippen LogP contribution in [0.15, 0.2) is 18.2 Å². The average Bonchev–Trinajstić information content (AvgIpc) is 2.35. The van der Waals surface area contributed by atoms with E-state index in [4.69, 9.17) is 21.1 Å². The Morgan fingerprint density at radius 3 is 2.65 bits per heavy atom. The molecule has 0 bridgehead atoms. The standard InChI is InChI=1S/C13H14ClF3O3/c1-2-19-12(18)4-3-7-20-11-8-9(13(15,16)17)5-6-10(11)14/h5-6,8H,2-4,7H2,1H3. The number of ether oxygens (including phenoxy) is 2. The third kappa shape index (κ3) is 5.28. The first-order valence-electron chi connectivity index (χ1n) is 5.99. The number of rotatable bonds is 6. The molecule has 0 aliphatic rings. The van der Waals surface area contributed by atoms with Crippen LogP contribution in [0.2, 0.25) is 5.02 Å². The molecule has 0 fully saturated rings. The Balaban J connectivity index is 2.53. The van der Waals surface area contributed by atoms with Crippen molar-refractivity contribution in [1.29, 1.82) is 0 Å². The lowest BCUT2D eigenvalue weighted by molar-refractivity contribution is -0.143. The highest BCUT2D eigenvalue weighted by molar-refractivity contribution is 6.32. The zero-order chi connectivity index (χ0) is 15.2. The maximum Gasteiger partial charge on any atom is 0.416 e. The third-order valence-electron chi connectivity index (χ3n) is 2.35. The third-order valence-corrected chi connectivity index (χ3v) is 2.66. The van der Waals surface area contributed by atoms with Gasteiger partial charge in [0.15, 0.2) is 0 Å². The summed E-state index contributed by atoms with van der Waals surface area (Å²) in [6, 6.07) is 2.85. The fourth-order valence-corrected chi connectivity index (χ4v) is 1.59. The van der Waals surface area contributed by atoms with E-state index in [0.717, 1.165) is 18.2 Å². The van der Waals surface area contributed by atoms with E-state index in [1.807, 2.05) is 0 Å². The molecule has 1 aromatic carbocycles. The largest absolute Gasteiger partial charge is 0.492 e. The van der Waals surface area contributed by atoms with Gasteiger partial charge in [0.25, 0.3) is 0 Å². The molecule has 3 nitrogen and oxygen atoms in total. The molecule has 0 aromatic heterocycles. The average molecular weight is 311 g/mol. The van der Waals surface area contributed by atoms with Gasteiger partial charge in [-0.3, -0.25) is 4.79 Å². The summed E-state index contributed by atoms with van der Waals surface area (Å²) in [4.78, 5) is 11.1. The first-order chi connectivity index (χ1) is 9.34. The van der Waals surface area contributed by atoms with E-state index in [1.165, 1.54) is 0 Å². The van der Waals surface area contributed by atoms with Gasteiger partial charge in [0.1, 0.15) is 5.75 Å². The minimum atomic E-state index is -4.45. The second-order valence-corrected chi connectivity index (χ2v) is 4.31. The molecule has 0 radical (unpaired) electrons. The second-order valence-electron chi connectivity index (χ2n) is 3.90. The van der Waals surface area contributed by atoms with Crippen molar-refractivity contribution in [3.8, 4) is 5.75 Å². The summed E-state index contributed by atoms with van der Waals surface area (Å²) in [6.45, 7) is 2.07. The molecule has 0 unspecified atom stereocenters. The molecule has 0 heterocycles. The number of halogens is 4. The number of carbonyl (C=O) groups is 1. The first-order valence-corrected chi connectivity index (χ1v) is 6.37. The molecule has 0 atom stereocenters. The van der Waals surface area contributed by atoms with Gasteiger partial charge in [-0.1, -0.05) is 11.6 Å². The fraction of sp³-hybridized carbons (Fsp3) is 0.462. The Bertz CT molecular complexity index is 461. The summed E-state index contributed by atoms with van der Waals surface area (Å²) in [7, 11) is 0. The lowest BCUT2D eigenvalue weighted by atomic mass is 10.2. The summed E-state index contributed by atoms with van der Waals surface area (Å²) in [5, 5.41) is 0.0918. The Kier molecular flexibility index (Phi) is 6.13. The molecular formula is C13H14ClF3O3. The number of esters is 1. The lowest BCUT2D eigenvalue weighted by Gasteiger charge is -2.11. The lowest BCUT2D eigenvalue weighted by Crippen LogP contribution is -2.08. The van der Waals surface area contributed by atoms with Crippen LogP contribution >= 0.6 is 11.6 Å². The van der Waals surface area contributed by atoms with Crippen molar-refractivity contribution in [2.24, 2.45) is 0 Å².